The highest BCUT2D eigenvalue weighted by atomic mass is 16.2. The predicted molar refractivity (Wildman–Crippen MR) is 106 cm³/mol. The molecule has 1 aromatic carbocycles. The second-order valence-corrected chi connectivity index (χ2v) is 7.12. The number of piperidine rings is 1. The van der Waals surface area contributed by atoms with Gasteiger partial charge < -0.3 is 10.6 Å². The second-order valence-electron chi connectivity index (χ2n) is 7.12. The third kappa shape index (κ3) is 4.72. The first-order chi connectivity index (χ1) is 13.6. The van der Waals surface area contributed by atoms with Gasteiger partial charge in [0.25, 0.3) is 5.56 Å². The summed E-state index contributed by atoms with van der Waals surface area (Å²) in [7, 11) is 0. The third-order valence-electron chi connectivity index (χ3n) is 5.25. The molecule has 1 saturated heterocycles. The third-order valence-corrected chi connectivity index (χ3v) is 5.25. The minimum Gasteiger partial charge on any atom is -0.371 e. The minimum absolute atomic E-state index is 0.142. The van der Waals surface area contributed by atoms with E-state index >= 15 is 0 Å². The fourth-order valence-corrected chi connectivity index (χ4v) is 3.65. The first-order valence-electron chi connectivity index (χ1n) is 9.68. The van der Waals surface area contributed by atoms with E-state index in [9.17, 15) is 14.4 Å². The molecule has 2 amide bonds. The number of nitrogens with zero attached hydrogens (tertiary/aromatic N) is 4. The van der Waals surface area contributed by atoms with Crippen LogP contribution >= 0.6 is 0 Å². The number of amides is 2. The Balaban J connectivity index is 1.72. The van der Waals surface area contributed by atoms with Crippen molar-refractivity contribution in [3.63, 3.8) is 0 Å². The van der Waals surface area contributed by atoms with Crippen LogP contribution in [0.3, 0.4) is 0 Å². The molecule has 1 aliphatic rings. The molecule has 0 saturated carbocycles. The number of imide groups is 1. The molecular weight excluding hydrogens is 360 g/mol. The second kappa shape index (κ2) is 9.41. The Labute approximate surface area is 162 Å². The lowest BCUT2D eigenvalue weighted by Gasteiger charge is -2.33. The molecule has 1 fully saturated rings. The van der Waals surface area contributed by atoms with Crippen molar-refractivity contribution < 1.29 is 9.59 Å². The summed E-state index contributed by atoms with van der Waals surface area (Å²) >= 11 is 0. The Bertz CT molecular complexity index is 889. The zero-order valence-electron chi connectivity index (χ0n) is 15.8. The molecule has 9 nitrogen and oxygen atoms in total. The van der Waals surface area contributed by atoms with Crippen LogP contribution in [-0.2, 0) is 16.1 Å². The molecule has 0 bridgehead atoms. The number of carbonyl (C=O) groups is 2. The van der Waals surface area contributed by atoms with E-state index in [-0.39, 0.29) is 24.4 Å². The van der Waals surface area contributed by atoms with Gasteiger partial charge in [-0.05, 0) is 56.3 Å². The first kappa shape index (κ1) is 19.9. The van der Waals surface area contributed by atoms with Gasteiger partial charge in [-0.2, -0.15) is 0 Å². The van der Waals surface area contributed by atoms with Crippen LogP contribution < -0.4 is 21.5 Å². The largest absolute Gasteiger partial charge is 0.371 e. The summed E-state index contributed by atoms with van der Waals surface area (Å²) in [4.78, 5) is 36.6. The van der Waals surface area contributed by atoms with Crippen LogP contribution in [0.5, 0.6) is 0 Å². The van der Waals surface area contributed by atoms with E-state index in [0.717, 1.165) is 44.6 Å². The van der Waals surface area contributed by atoms with Gasteiger partial charge in [-0.1, -0.05) is 5.21 Å². The van der Waals surface area contributed by atoms with Crippen LogP contribution in [0, 0.1) is 5.92 Å². The van der Waals surface area contributed by atoms with Crippen molar-refractivity contribution in [1.82, 2.24) is 20.3 Å². The summed E-state index contributed by atoms with van der Waals surface area (Å²) in [6, 6.07) is 5.69. The molecule has 1 aliphatic heterocycles. The van der Waals surface area contributed by atoms with Crippen molar-refractivity contribution in [3.8, 4) is 0 Å². The number of aromatic nitrogens is 3. The van der Waals surface area contributed by atoms with Crippen molar-refractivity contribution in [3.05, 3.63) is 28.6 Å². The van der Waals surface area contributed by atoms with Crippen molar-refractivity contribution in [2.75, 3.05) is 24.5 Å². The topological polar surface area (TPSA) is 123 Å². The number of nitrogens with two attached hydrogens (primary N) is 1. The number of carbonyl (C=O) groups excluding carboxylic acids is 2. The van der Waals surface area contributed by atoms with Crippen LogP contribution in [0.2, 0.25) is 0 Å². The Morgan fingerprint density at radius 1 is 1.32 bits per heavy atom. The molecule has 2 aromatic rings. The van der Waals surface area contributed by atoms with E-state index < -0.39 is 0 Å². The maximum absolute atomic E-state index is 12.8. The molecule has 0 aliphatic carbocycles. The average molecular weight is 386 g/mol. The molecule has 3 N–H and O–H groups in total. The smallest absolute Gasteiger partial charge is 0.277 e. The van der Waals surface area contributed by atoms with Crippen LogP contribution in [0.1, 0.15) is 32.1 Å². The van der Waals surface area contributed by atoms with Gasteiger partial charge in [0, 0.05) is 31.7 Å². The number of fused-ring (bicyclic) bond motifs is 1. The summed E-state index contributed by atoms with van der Waals surface area (Å²) in [6.45, 7) is 2.90. The SMILES string of the molecule is NCCC1CCN(c2ccc3nnn(CCCC(=O)NC=O)c(=O)c3c2)CC1. The number of benzene rings is 1. The summed E-state index contributed by atoms with van der Waals surface area (Å²) in [5.41, 5.74) is 7.01. The van der Waals surface area contributed by atoms with Gasteiger partial charge >= 0.3 is 0 Å². The maximum Gasteiger partial charge on any atom is 0.277 e. The summed E-state index contributed by atoms with van der Waals surface area (Å²) in [6.07, 6.45) is 4.17. The fraction of sp³-hybridized carbons (Fsp3) is 0.526. The molecule has 1 aromatic heterocycles. The monoisotopic (exact) mass is 386 g/mol. The quantitative estimate of drug-likeness (QED) is 0.630. The van der Waals surface area contributed by atoms with Crippen molar-refractivity contribution in [2.24, 2.45) is 11.7 Å². The van der Waals surface area contributed by atoms with E-state index in [1.54, 1.807) is 0 Å². The number of anilines is 1. The Kier molecular flexibility index (Phi) is 6.70. The van der Waals surface area contributed by atoms with Gasteiger partial charge in [-0.15, -0.1) is 5.10 Å². The lowest BCUT2D eigenvalue weighted by Crippen LogP contribution is -2.34. The van der Waals surface area contributed by atoms with Crippen LogP contribution in [-0.4, -0.2) is 46.9 Å². The molecule has 0 radical (unpaired) electrons. The number of hydrogen-bond donors (Lipinski definition) is 2. The van der Waals surface area contributed by atoms with E-state index in [1.807, 2.05) is 18.2 Å². The van der Waals surface area contributed by atoms with Crippen molar-refractivity contribution in [2.45, 2.75) is 38.6 Å². The van der Waals surface area contributed by atoms with Crippen LogP contribution in [0.25, 0.3) is 10.9 Å². The van der Waals surface area contributed by atoms with Crippen molar-refractivity contribution in [1.29, 1.82) is 0 Å². The maximum atomic E-state index is 12.8. The number of hydrogen-bond acceptors (Lipinski definition) is 7. The van der Waals surface area contributed by atoms with Gasteiger partial charge in [0.15, 0.2) is 0 Å². The minimum atomic E-state index is -0.378. The fourth-order valence-electron chi connectivity index (χ4n) is 3.65. The Morgan fingerprint density at radius 2 is 2.11 bits per heavy atom. The predicted octanol–water partition coefficient (Wildman–Crippen LogP) is 0.410. The number of nitrogens with one attached hydrogen (secondary N) is 1. The van der Waals surface area contributed by atoms with Gasteiger partial charge in [-0.3, -0.25) is 19.7 Å². The highest BCUT2D eigenvalue weighted by Gasteiger charge is 2.19. The summed E-state index contributed by atoms with van der Waals surface area (Å²) in [5, 5.41) is 10.7. The molecular formula is C19H26N6O3. The lowest BCUT2D eigenvalue weighted by molar-refractivity contribution is -0.125. The molecule has 9 heteroatoms. The molecule has 150 valence electrons. The highest BCUT2D eigenvalue weighted by Crippen LogP contribution is 2.26. The molecule has 0 atom stereocenters. The Hall–Kier alpha value is -2.81. The van der Waals surface area contributed by atoms with E-state index in [1.165, 1.54) is 4.68 Å². The van der Waals surface area contributed by atoms with Gasteiger partial charge in [0.2, 0.25) is 12.3 Å². The summed E-state index contributed by atoms with van der Waals surface area (Å²) < 4.78 is 1.27. The van der Waals surface area contributed by atoms with Crippen LogP contribution in [0.15, 0.2) is 23.0 Å². The number of rotatable bonds is 8. The average Bonchev–Trinajstić information content (AvgIpc) is 2.71. The molecule has 2 heterocycles. The van der Waals surface area contributed by atoms with Gasteiger partial charge in [0.05, 0.1) is 5.39 Å². The van der Waals surface area contributed by atoms with E-state index in [2.05, 4.69) is 20.5 Å². The first-order valence-corrected chi connectivity index (χ1v) is 9.68. The van der Waals surface area contributed by atoms with Gasteiger partial charge in [0.1, 0.15) is 5.52 Å². The Morgan fingerprint density at radius 3 is 2.82 bits per heavy atom. The highest BCUT2D eigenvalue weighted by molar-refractivity contribution is 5.85. The molecule has 0 spiro atoms. The molecule has 3 rings (SSSR count). The zero-order chi connectivity index (χ0) is 19.9. The molecule has 0 unspecified atom stereocenters. The number of aryl methyl sites for hydroxylation is 1. The molecule has 28 heavy (non-hydrogen) atoms. The zero-order valence-corrected chi connectivity index (χ0v) is 15.8. The van der Waals surface area contributed by atoms with E-state index in [4.69, 9.17) is 5.73 Å². The van der Waals surface area contributed by atoms with Crippen molar-refractivity contribution >= 4 is 28.9 Å². The summed E-state index contributed by atoms with van der Waals surface area (Å²) in [5.74, 6) is 0.304. The normalized spacial score (nSPS) is 15.0. The standard InChI is InChI=1S/C19H26N6O3/c20-8-5-14-6-10-24(11-7-14)15-3-4-17-16(12-15)19(28)25(23-22-17)9-1-2-18(27)21-13-26/h3-4,12-14H,1-2,5-11,20H2,(H,21,26,27). The lowest BCUT2D eigenvalue weighted by atomic mass is 9.93. The van der Waals surface area contributed by atoms with E-state index in [0.29, 0.717) is 29.7 Å². The van der Waals surface area contributed by atoms with Crippen LogP contribution in [0.4, 0.5) is 5.69 Å². The van der Waals surface area contributed by atoms with Gasteiger partial charge in [-0.25, -0.2) is 4.68 Å².